The molecule has 0 aliphatic heterocycles. The van der Waals surface area contributed by atoms with E-state index in [0.29, 0.717) is 12.6 Å². The summed E-state index contributed by atoms with van der Waals surface area (Å²) in [6.45, 7) is 5.00. The quantitative estimate of drug-likeness (QED) is 0.461. The Balaban J connectivity index is 1.55. The van der Waals surface area contributed by atoms with Crippen molar-refractivity contribution in [2.45, 2.75) is 32.9 Å². The summed E-state index contributed by atoms with van der Waals surface area (Å²) in [4.78, 5) is 11.3. The number of nitrogens with zero attached hydrogens (tertiary/aromatic N) is 3. The first-order chi connectivity index (χ1) is 12.6. The van der Waals surface area contributed by atoms with Gasteiger partial charge in [-0.15, -0.1) is 11.3 Å². The summed E-state index contributed by atoms with van der Waals surface area (Å²) in [5.74, 6) is 1.57. The largest absolute Gasteiger partial charge is 0.354 e. The summed E-state index contributed by atoms with van der Waals surface area (Å²) >= 11 is 1.85. The molecule has 1 unspecified atom stereocenters. The van der Waals surface area contributed by atoms with Crippen molar-refractivity contribution in [1.82, 2.24) is 25.8 Å². The first kappa shape index (κ1) is 18.1. The standard InChI is InChI=1S/C19H24N6S/c1-13(9-17-8-7-14(2)26-17)24-19(20-3)21-11-15-5-4-6-16(10-15)18-22-12-23-25-18/h4-8,10,12-13H,9,11H2,1-3H3,(H2,20,21,24)(H,22,23,25). The van der Waals surface area contributed by atoms with Gasteiger partial charge in [-0.1, -0.05) is 18.2 Å². The lowest BCUT2D eigenvalue weighted by molar-refractivity contribution is 0.645. The second-order valence-corrected chi connectivity index (χ2v) is 7.59. The average molecular weight is 369 g/mol. The van der Waals surface area contributed by atoms with Crippen molar-refractivity contribution < 1.29 is 0 Å². The number of hydrogen-bond acceptors (Lipinski definition) is 4. The summed E-state index contributed by atoms with van der Waals surface area (Å²) in [6, 6.07) is 12.9. The molecule has 2 aromatic heterocycles. The van der Waals surface area contributed by atoms with Gasteiger partial charge in [-0.3, -0.25) is 10.1 Å². The molecule has 2 heterocycles. The molecule has 0 fully saturated rings. The maximum atomic E-state index is 4.33. The number of H-pyrrole nitrogens is 1. The molecule has 3 N–H and O–H groups in total. The van der Waals surface area contributed by atoms with Crippen molar-refractivity contribution in [3.05, 3.63) is 58.0 Å². The highest BCUT2D eigenvalue weighted by Crippen LogP contribution is 2.17. The summed E-state index contributed by atoms with van der Waals surface area (Å²) in [5.41, 5.74) is 2.18. The molecule has 0 aliphatic carbocycles. The van der Waals surface area contributed by atoms with Crippen molar-refractivity contribution in [2.75, 3.05) is 7.05 Å². The van der Waals surface area contributed by atoms with Crippen molar-refractivity contribution >= 4 is 17.3 Å². The minimum Gasteiger partial charge on any atom is -0.354 e. The predicted molar refractivity (Wildman–Crippen MR) is 107 cm³/mol. The van der Waals surface area contributed by atoms with Crippen molar-refractivity contribution in [1.29, 1.82) is 0 Å². The van der Waals surface area contributed by atoms with E-state index in [2.05, 4.69) is 68.9 Å². The molecule has 0 spiro atoms. The second-order valence-electron chi connectivity index (χ2n) is 6.22. The molecular formula is C19H24N6S. The van der Waals surface area contributed by atoms with E-state index < -0.39 is 0 Å². The van der Waals surface area contributed by atoms with Crippen LogP contribution >= 0.6 is 11.3 Å². The molecule has 1 atom stereocenters. The number of thiophene rings is 1. The van der Waals surface area contributed by atoms with Gasteiger partial charge in [0.15, 0.2) is 11.8 Å². The van der Waals surface area contributed by atoms with Crippen LogP contribution < -0.4 is 10.6 Å². The van der Waals surface area contributed by atoms with Gasteiger partial charge in [-0.05, 0) is 37.6 Å². The Hall–Kier alpha value is -2.67. The number of nitrogens with one attached hydrogen (secondary N) is 3. The van der Waals surface area contributed by atoms with E-state index in [9.17, 15) is 0 Å². The van der Waals surface area contributed by atoms with Gasteiger partial charge in [0.05, 0.1) is 0 Å². The van der Waals surface area contributed by atoms with Crippen LogP contribution in [0.5, 0.6) is 0 Å². The van der Waals surface area contributed by atoms with Crippen LogP contribution in [0.1, 0.15) is 22.2 Å². The molecule has 0 saturated heterocycles. The van der Waals surface area contributed by atoms with Crippen LogP contribution in [0.3, 0.4) is 0 Å². The van der Waals surface area contributed by atoms with Gasteiger partial charge < -0.3 is 10.6 Å². The Morgan fingerprint density at radius 2 is 2.19 bits per heavy atom. The second kappa shape index (κ2) is 8.62. The van der Waals surface area contributed by atoms with E-state index in [4.69, 9.17) is 0 Å². The fourth-order valence-corrected chi connectivity index (χ4v) is 3.75. The Bertz CT molecular complexity index is 853. The third-order valence-corrected chi connectivity index (χ3v) is 5.01. The fourth-order valence-electron chi connectivity index (χ4n) is 2.73. The maximum absolute atomic E-state index is 4.33. The SMILES string of the molecule is CN=C(NCc1cccc(-c2ncn[nH]2)c1)NC(C)Cc1ccc(C)s1. The zero-order valence-corrected chi connectivity index (χ0v) is 16.1. The molecule has 0 aliphatic rings. The van der Waals surface area contributed by atoms with Crippen LogP contribution in [0.15, 0.2) is 47.7 Å². The highest BCUT2D eigenvalue weighted by Gasteiger charge is 2.08. The number of hydrogen-bond donors (Lipinski definition) is 3. The number of aromatic nitrogens is 3. The number of guanidine groups is 1. The van der Waals surface area contributed by atoms with E-state index in [-0.39, 0.29) is 0 Å². The van der Waals surface area contributed by atoms with Gasteiger partial charge in [0.1, 0.15) is 6.33 Å². The molecule has 136 valence electrons. The van der Waals surface area contributed by atoms with E-state index >= 15 is 0 Å². The fraction of sp³-hybridized carbons (Fsp3) is 0.316. The van der Waals surface area contributed by atoms with Crippen molar-refractivity contribution in [2.24, 2.45) is 4.99 Å². The molecule has 0 saturated carbocycles. The molecule has 6 nitrogen and oxygen atoms in total. The molecule has 0 bridgehead atoms. The first-order valence-electron chi connectivity index (χ1n) is 8.61. The number of rotatable bonds is 6. The molecular weight excluding hydrogens is 344 g/mol. The molecule has 1 aromatic carbocycles. The van der Waals surface area contributed by atoms with Crippen LogP contribution in [-0.4, -0.2) is 34.2 Å². The smallest absolute Gasteiger partial charge is 0.191 e. The molecule has 3 rings (SSSR count). The predicted octanol–water partition coefficient (Wildman–Crippen LogP) is 3.14. The minimum absolute atomic E-state index is 0.305. The zero-order valence-electron chi connectivity index (χ0n) is 15.3. The van der Waals surface area contributed by atoms with Crippen LogP contribution in [0.2, 0.25) is 0 Å². The van der Waals surface area contributed by atoms with Gasteiger partial charge in [0.2, 0.25) is 0 Å². The lowest BCUT2D eigenvalue weighted by Gasteiger charge is -2.17. The van der Waals surface area contributed by atoms with Gasteiger partial charge in [-0.25, -0.2) is 4.98 Å². The molecule has 7 heteroatoms. The number of aryl methyl sites for hydroxylation is 1. The highest BCUT2D eigenvalue weighted by atomic mass is 32.1. The number of aliphatic imine (C=N–C) groups is 1. The first-order valence-corrected chi connectivity index (χ1v) is 9.43. The van der Waals surface area contributed by atoms with Crippen LogP contribution in [0.25, 0.3) is 11.4 Å². The lowest BCUT2D eigenvalue weighted by Crippen LogP contribution is -2.42. The normalized spacial score (nSPS) is 12.8. The van der Waals surface area contributed by atoms with Crippen LogP contribution in [0, 0.1) is 6.92 Å². The topological polar surface area (TPSA) is 78.0 Å². The third-order valence-electron chi connectivity index (χ3n) is 3.99. The molecule has 3 aromatic rings. The van der Waals surface area contributed by atoms with Gasteiger partial charge >= 0.3 is 0 Å². The van der Waals surface area contributed by atoms with Crippen LogP contribution in [-0.2, 0) is 13.0 Å². The van der Waals surface area contributed by atoms with E-state index in [1.54, 1.807) is 7.05 Å². The number of benzene rings is 1. The molecule has 0 radical (unpaired) electrons. The summed E-state index contributed by atoms with van der Waals surface area (Å²) in [5, 5.41) is 13.6. The Labute approximate surface area is 157 Å². The van der Waals surface area contributed by atoms with Gasteiger partial charge in [0, 0.05) is 41.4 Å². The van der Waals surface area contributed by atoms with E-state index in [0.717, 1.165) is 29.3 Å². The van der Waals surface area contributed by atoms with Crippen molar-refractivity contribution in [3.8, 4) is 11.4 Å². The summed E-state index contributed by atoms with van der Waals surface area (Å²) in [7, 11) is 1.79. The maximum Gasteiger partial charge on any atom is 0.191 e. The van der Waals surface area contributed by atoms with E-state index in [1.807, 2.05) is 23.5 Å². The summed E-state index contributed by atoms with van der Waals surface area (Å²) < 4.78 is 0. The van der Waals surface area contributed by atoms with Gasteiger partial charge in [0.25, 0.3) is 0 Å². The molecule has 0 amide bonds. The van der Waals surface area contributed by atoms with Crippen molar-refractivity contribution in [3.63, 3.8) is 0 Å². The zero-order chi connectivity index (χ0) is 18.4. The minimum atomic E-state index is 0.305. The lowest BCUT2D eigenvalue weighted by atomic mass is 10.1. The van der Waals surface area contributed by atoms with Gasteiger partial charge in [-0.2, -0.15) is 5.10 Å². The Morgan fingerprint density at radius 3 is 2.88 bits per heavy atom. The Kier molecular flexibility index (Phi) is 6.01. The highest BCUT2D eigenvalue weighted by molar-refractivity contribution is 7.11. The molecule has 26 heavy (non-hydrogen) atoms. The average Bonchev–Trinajstić information content (AvgIpc) is 3.31. The summed E-state index contributed by atoms with van der Waals surface area (Å²) in [6.07, 6.45) is 2.50. The number of aromatic amines is 1. The monoisotopic (exact) mass is 368 g/mol. The van der Waals surface area contributed by atoms with E-state index in [1.165, 1.54) is 16.1 Å². The Morgan fingerprint density at radius 1 is 1.31 bits per heavy atom. The third kappa shape index (κ3) is 4.92. The van der Waals surface area contributed by atoms with Crippen LogP contribution in [0.4, 0.5) is 0 Å².